The molecule has 0 saturated carbocycles. The molecule has 0 aromatic rings. The van der Waals surface area contributed by atoms with Gasteiger partial charge in [-0.1, -0.05) is 32.6 Å². The van der Waals surface area contributed by atoms with Crippen LogP contribution >= 0.6 is 0 Å². The molecule has 1 heterocycles. The Labute approximate surface area is 81.6 Å². The summed E-state index contributed by atoms with van der Waals surface area (Å²) in [6.07, 6.45) is 7.46. The lowest BCUT2D eigenvalue weighted by molar-refractivity contribution is 0.562. The standard InChI is InChI=1S/C10H20O2S/c1-2-3-4-5-7-10-8-6-9-13(10,11)12/h10H,2-9H2,1H3/t10-/m1/s1. The van der Waals surface area contributed by atoms with E-state index >= 15 is 0 Å². The highest BCUT2D eigenvalue weighted by Gasteiger charge is 2.30. The van der Waals surface area contributed by atoms with Gasteiger partial charge in [0, 0.05) is 0 Å². The smallest absolute Gasteiger partial charge is 0.153 e. The van der Waals surface area contributed by atoms with Gasteiger partial charge in [0.25, 0.3) is 0 Å². The van der Waals surface area contributed by atoms with Crippen molar-refractivity contribution in [3.63, 3.8) is 0 Å². The first-order valence-electron chi connectivity index (χ1n) is 5.38. The fourth-order valence-corrected chi connectivity index (χ4v) is 3.94. The second kappa shape index (κ2) is 4.99. The van der Waals surface area contributed by atoms with E-state index in [1.807, 2.05) is 0 Å². The summed E-state index contributed by atoms with van der Waals surface area (Å²) in [5.74, 6) is 0.436. The zero-order valence-electron chi connectivity index (χ0n) is 8.46. The molecule has 0 bridgehead atoms. The molecule has 1 fully saturated rings. The Morgan fingerprint density at radius 1 is 1.23 bits per heavy atom. The van der Waals surface area contributed by atoms with E-state index in [9.17, 15) is 8.42 Å². The maximum Gasteiger partial charge on any atom is 0.153 e. The number of sulfone groups is 1. The van der Waals surface area contributed by atoms with Crippen molar-refractivity contribution < 1.29 is 8.42 Å². The van der Waals surface area contributed by atoms with Gasteiger partial charge in [0.05, 0.1) is 11.0 Å². The topological polar surface area (TPSA) is 34.1 Å². The minimum absolute atomic E-state index is 0.00403. The Morgan fingerprint density at radius 2 is 2.00 bits per heavy atom. The molecule has 0 spiro atoms. The highest BCUT2D eigenvalue weighted by atomic mass is 32.2. The van der Waals surface area contributed by atoms with Crippen LogP contribution in [0.2, 0.25) is 0 Å². The molecule has 0 aromatic carbocycles. The molecule has 1 aliphatic heterocycles. The molecule has 3 heteroatoms. The monoisotopic (exact) mass is 204 g/mol. The average molecular weight is 204 g/mol. The van der Waals surface area contributed by atoms with Crippen LogP contribution in [0.1, 0.15) is 51.9 Å². The van der Waals surface area contributed by atoms with Gasteiger partial charge in [-0.05, 0) is 19.3 Å². The molecular weight excluding hydrogens is 184 g/mol. The van der Waals surface area contributed by atoms with Gasteiger partial charge in [-0.2, -0.15) is 0 Å². The predicted octanol–water partition coefficient (Wildman–Crippen LogP) is 2.53. The van der Waals surface area contributed by atoms with Crippen molar-refractivity contribution in [1.82, 2.24) is 0 Å². The molecule has 0 amide bonds. The number of hydrogen-bond acceptors (Lipinski definition) is 2. The molecule has 1 rings (SSSR count). The molecule has 78 valence electrons. The first kappa shape index (κ1) is 11.0. The van der Waals surface area contributed by atoms with Crippen LogP contribution in [-0.4, -0.2) is 19.4 Å². The van der Waals surface area contributed by atoms with Crippen LogP contribution in [0.5, 0.6) is 0 Å². The van der Waals surface area contributed by atoms with E-state index in [-0.39, 0.29) is 5.25 Å². The second-order valence-corrected chi connectivity index (χ2v) is 6.38. The Morgan fingerprint density at radius 3 is 2.54 bits per heavy atom. The van der Waals surface area contributed by atoms with Crippen LogP contribution in [0.4, 0.5) is 0 Å². The molecular formula is C10H20O2S. The summed E-state index contributed by atoms with van der Waals surface area (Å²) in [7, 11) is -2.67. The van der Waals surface area contributed by atoms with Gasteiger partial charge >= 0.3 is 0 Å². The Hall–Kier alpha value is -0.0500. The maximum atomic E-state index is 11.4. The van der Waals surface area contributed by atoms with E-state index < -0.39 is 9.84 Å². The molecule has 0 radical (unpaired) electrons. The lowest BCUT2D eigenvalue weighted by atomic mass is 10.1. The van der Waals surface area contributed by atoms with Gasteiger partial charge in [-0.15, -0.1) is 0 Å². The van der Waals surface area contributed by atoms with Crippen molar-refractivity contribution in [2.75, 3.05) is 5.75 Å². The predicted molar refractivity (Wildman–Crippen MR) is 55.6 cm³/mol. The number of unbranched alkanes of at least 4 members (excludes halogenated alkanes) is 3. The molecule has 0 unspecified atom stereocenters. The highest BCUT2D eigenvalue weighted by Crippen LogP contribution is 2.24. The summed E-state index contributed by atoms with van der Waals surface area (Å²) in [6.45, 7) is 2.17. The Kier molecular flexibility index (Phi) is 4.23. The number of rotatable bonds is 5. The van der Waals surface area contributed by atoms with E-state index in [2.05, 4.69) is 6.92 Å². The Bertz CT molecular complexity index is 231. The molecule has 1 aliphatic rings. The summed E-state index contributed by atoms with van der Waals surface area (Å²) >= 11 is 0. The van der Waals surface area contributed by atoms with Crippen molar-refractivity contribution in [2.45, 2.75) is 57.1 Å². The highest BCUT2D eigenvalue weighted by molar-refractivity contribution is 7.92. The minimum Gasteiger partial charge on any atom is -0.229 e. The van der Waals surface area contributed by atoms with Crippen LogP contribution in [0.3, 0.4) is 0 Å². The first-order chi connectivity index (χ1) is 6.17. The molecule has 0 N–H and O–H groups in total. The van der Waals surface area contributed by atoms with E-state index in [4.69, 9.17) is 0 Å². The molecule has 2 nitrogen and oxygen atoms in total. The summed E-state index contributed by atoms with van der Waals surface area (Å²) in [6, 6.07) is 0. The van der Waals surface area contributed by atoms with Crippen molar-refractivity contribution in [1.29, 1.82) is 0 Å². The molecule has 1 saturated heterocycles. The minimum atomic E-state index is -2.67. The van der Waals surface area contributed by atoms with Crippen LogP contribution in [-0.2, 0) is 9.84 Å². The van der Waals surface area contributed by atoms with Crippen molar-refractivity contribution in [3.8, 4) is 0 Å². The van der Waals surface area contributed by atoms with Crippen molar-refractivity contribution in [3.05, 3.63) is 0 Å². The normalized spacial score (nSPS) is 26.4. The zero-order valence-corrected chi connectivity index (χ0v) is 9.28. The van der Waals surface area contributed by atoms with Crippen LogP contribution in [0.25, 0.3) is 0 Å². The Balaban J connectivity index is 2.22. The van der Waals surface area contributed by atoms with Gasteiger partial charge in [0.15, 0.2) is 9.84 Å². The first-order valence-corrected chi connectivity index (χ1v) is 7.10. The van der Waals surface area contributed by atoms with Gasteiger partial charge < -0.3 is 0 Å². The number of hydrogen-bond donors (Lipinski definition) is 0. The summed E-state index contributed by atoms with van der Waals surface area (Å²) in [5, 5.41) is 0.00403. The summed E-state index contributed by atoms with van der Waals surface area (Å²) in [5.41, 5.74) is 0. The molecule has 13 heavy (non-hydrogen) atoms. The molecule has 0 aliphatic carbocycles. The lowest BCUT2D eigenvalue weighted by Gasteiger charge is -2.07. The summed E-state index contributed by atoms with van der Waals surface area (Å²) in [4.78, 5) is 0. The van der Waals surface area contributed by atoms with Gasteiger partial charge in [-0.3, -0.25) is 0 Å². The largest absolute Gasteiger partial charge is 0.229 e. The quantitative estimate of drug-likeness (QED) is 0.645. The van der Waals surface area contributed by atoms with E-state index in [0.29, 0.717) is 5.75 Å². The fraction of sp³-hybridized carbons (Fsp3) is 1.00. The molecule has 0 aromatic heterocycles. The maximum absolute atomic E-state index is 11.4. The van der Waals surface area contributed by atoms with Crippen LogP contribution in [0, 0.1) is 0 Å². The van der Waals surface area contributed by atoms with Crippen LogP contribution < -0.4 is 0 Å². The third-order valence-electron chi connectivity index (χ3n) is 2.84. The van der Waals surface area contributed by atoms with Gasteiger partial charge in [0.2, 0.25) is 0 Å². The van der Waals surface area contributed by atoms with E-state index in [0.717, 1.165) is 25.7 Å². The van der Waals surface area contributed by atoms with Crippen molar-refractivity contribution in [2.24, 2.45) is 0 Å². The van der Waals surface area contributed by atoms with E-state index in [1.54, 1.807) is 0 Å². The average Bonchev–Trinajstić information content (AvgIpc) is 2.40. The third kappa shape index (κ3) is 3.29. The fourth-order valence-electron chi connectivity index (χ4n) is 1.98. The summed E-state index contributed by atoms with van der Waals surface area (Å²) < 4.78 is 22.9. The SMILES string of the molecule is CCCCCC[C@@H]1CCCS1(=O)=O. The van der Waals surface area contributed by atoms with Gasteiger partial charge in [0.1, 0.15) is 0 Å². The third-order valence-corrected chi connectivity index (χ3v) is 5.19. The second-order valence-electron chi connectivity index (χ2n) is 3.98. The zero-order chi connectivity index (χ0) is 9.73. The molecule has 1 atom stereocenters. The lowest BCUT2D eigenvalue weighted by Crippen LogP contribution is -2.15. The van der Waals surface area contributed by atoms with Crippen molar-refractivity contribution >= 4 is 9.84 Å². The van der Waals surface area contributed by atoms with E-state index in [1.165, 1.54) is 19.3 Å². The van der Waals surface area contributed by atoms with Crippen LogP contribution in [0.15, 0.2) is 0 Å². The van der Waals surface area contributed by atoms with Gasteiger partial charge in [-0.25, -0.2) is 8.42 Å².